The summed E-state index contributed by atoms with van der Waals surface area (Å²) in [5.41, 5.74) is 5.10. The Hall–Kier alpha value is -5.07. The highest BCUT2D eigenvalue weighted by Crippen LogP contribution is 2.62. The molecule has 0 bridgehead atoms. The summed E-state index contributed by atoms with van der Waals surface area (Å²) in [6.07, 6.45) is 12.1. The lowest BCUT2D eigenvalue weighted by molar-refractivity contribution is -0.254. The quantitative estimate of drug-likeness (QED) is 0.0506. The van der Waals surface area contributed by atoms with Crippen molar-refractivity contribution in [3.63, 3.8) is 0 Å². The number of oxime groups is 1. The molecule has 7 unspecified atom stereocenters. The van der Waals surface area contributed by atoms with Gasteiger partial charge in [0.15, 0.2) is 0 Å². The van der Waals surface area contributed by atoms with E-state index in [1.807, 2.05) is 78.6 Å². The Morgan fingerprint density at radius 2 is 1.81 bits per heavy atom. The lowest BCUT2D eigenvalue weighted by Crippen LogP contribution is -2.70. The first-order valence-corrected chi connectivity index (χ1v) is 23.6. The van der Waals surface area contributed by atoms with Crippen LogP contribution in [0.4, 0.5) is 0 Å². The molecule has 7 atom stereocenters. The molecule has 4 aliphatic rings. The van der Waals surface area contributed by atoms with Gasteiger partial charge >= 0.3 is 0 Å². The highest BCUT2D eigenvalue weighted by Gasteiger charge is 2.65. The van der Waals surface area contributed by atoms with E-state index in [0.29, 0.717) is 62.5 Å². The third kappa shape index (κ3) is 9.78. The zero-order valence-corrected chi connectivity index (χ0v) is 37.5. The first kappa shape index (κ1) is 45.5. The number of aliphatic hydroxyl groups excluding tert-OH is 2. The number of benzene rings is 3. The normalized spacial score (nSPS) is 25.4. The molecule has 64 heavy (non-hydrogen) atoms. The van der Waals surface area contributed by atoms with Crippen LogP contribution in [0.2, 0.25) is 0 Å². The van der Waals surface area contributed by atoms with Gasteiger partial charge in [-0.1, -0.05) is 73.5 Å². The van der Waals surface area contributed by atoms with Gasteiger partial charge in [0.25, 0.3) is 5.91 Å². The highest BCUT2D eigenvalue weighted by atomic mass is 16.8. The fourth-order valence-corrected chi connectivity index (χ4v) is 10.6. The Bertz CT molecular complexity index is 2290. The number of allylic oxidation sites excluding steroid dienone is 1. The predicted octanol–water partition coefficient (Wildman–Crippen LogP) is 9.83. The number of fused-ring (bicyclic) bond motifs is 3. The molecular weight excluding hydrogens is 807 g/mol. The second-order valence-corrected chi connectivity index (χ2v) is 17.8. The smallest absolute Gasteiger partial charge is 0.254 e. The highest BCUT2D eigenvalue weighted by molar-refractivity contribution is 6.04. The molecule has 2 N–H and O–H groups in total. The van der Waals surface area contributed by atoms with Crippen LogP contribution in [0.1, 0.15) is 111 Å². The summed E-state index contributed by atoms with van der Waals surface area (Å²) in [7, 11) is 0. The van der Waals surface area contributed by atoms with E-state index < -0.39 is 24.0 Å². The fraction of sp³-hybridized carbons (Fsp3) is 0.491. The van der Waals surface area contributed by atoms with E-state index in [-0.39, 0.29) is 43.5 Å². The van der Waals surface area contributed by atoms with Crippen molar-refractivity contribution in [2.75, 3.05) is 33.0 Å². The molecule has 2 fully saturated rings. The first-order valence-electron chi connectivity index (χ1n) is 23.6. The molecule has 1 saturated heterocycles. The van der Waals surface area contributed by atoms with Gasteiger partial charge in [0.05, 0.1) is 30.5 Å². The molecule has 3 heterocycles. The number of aromatic nitrogens is 1. The summed E-state index contributed by atoms with van der Waals surface area (Å²) >= 11 is 0. The topological polar surface area (TPSA) is 132 Å². The minimum Gasteiger partial charge on any atom is -0.487 e. The molecule has 1 aromatic heterocycles. The van der Waals surface area contributed by atoms with Crippen molar-refractivity contribution in [2.45, 2.75) is 115 Å². The zero-order valence-electron chi connectivity index (χ0n) is 37.5. The van der Waals surface area contributed by atoms with Crippen molar-refractivity contribution >= 4 is 22.4 Å². The summed E-state index contributed by atoms with van der Waals surface area (Å²) < 4.78 is 27.2. The summed E-state index contributed by atoms with van der Waals surface area (Å²) in [5, 5.41) is 27.1. The molecular formula is C53H65N3O8. The van der Waals surface area contributed by atoms with Crippen molar-refractivity contribution in [2.24, 2.45) is 22.9 Å². The lowest BCUT2D eigenvalue weighted by atomic mass is 9.55. The van der Waals surface area contributed by atoms with Gasteiger partial charge in [-0.3, -0.25) is 9.78 Å². The minimum atomic E-state index is -1.36. The van der Waals surface area contributed by atoms with Crippen LogP contribution in [0, 0.1) is 24.7 Å². The van der Waals surface area contributed by atoms with Gasteiger partial charge in [-0.05, 0) is 123 Å². The number of aryl methyl sites for hydroxylation is 1. The van der Waals surface area contributed by atoms with Crippen LogP contribution in [0.15, 0.2) is 108 Å². The van der Waals surface area contributed by atoms with E-state index in [1.54, 1.807) is 6.08 Å². The van der Waals surface area contributed by atoms with Gasteiger partial charge in [-0.2, -0.15) is 0 Å². The van der Waals surface area contributed by atoms with Crippen LogP contribution in [-0.2, 0) is 20.9 Å². The molecule has 2 aliphatic heterocycles. The maximum atomic E-state index is 15.3. The Morgan fingerprint density at radius 1 is 0.984 bits per heavy atom. The molecule has 0 radical (unpaired) electrons. The fourth-order valence-electron chi connectivity index (χ4n) is 10.6. The van der Waals surface area contributed by atoms with E-state index in [1.165, 1.54) is 0 Å². The monoisotopic (exact) mass is 871 g/mol. The molecule has 340 valence electrons. The van der Waals surface area contributed by atoms with E-state index >= 15 is 4.79 Å². The summed E-state index contributed by atoms with van der Waals surface area (Å²) in [6, 6.07) is 25.4. The SMILES string of the molecule is C=CCOC12Oc3ccc(OCc4cccc(C)n4)cc3C3C(CCCCO)C(CCCCO)C=C(C(=NOC4CCCCO4)CC1N(CCC)C(=O)c1ccc4ccccc4c1)C32. The van der Waals surface area contributed by atoms with Crippen LogP contribution in [0.25, 0.3) is 10.8 Å². The molecule has 11 heteroatoms. The van der Waals surface area contributed by atoms with Crippen LogP contribution in [0.3, 0.4) is 0 Å². The number of hydrogen-bond donors (Lipinski definition) is 2. The third-order valence-corrected chi connectivity index (χ3v) is 13.5. The molecule has 0 spiro atoms. The van der Waals surface area contributed by atoms with Crippen LogP contribution in [0.5, 0.6) is 11.5 Å². The average molecular weight is 872 g/mol. The Labute approximate surface area is 378 Å². The number of rotatable bonds is 20. The summed E-state index contributed by atoms with van der Waals surface area (Å²) in [4.78, 5) is 28.3. The standard InChI is InChI=1S/C53H65N3O8/c1-4-26-56(52(59)40-23-22-37-16-6-7-17-38(37)31-40)48-34-46(55-64-49-21-10-13-30-60-49)44-32-39(18-8-11-27-57)43(20-9-12-28-58)50-45-33-42(61-35-41-19-14-15-36(3)54-41)24-25-47(45)63-53(48,51(44)50)62-29-5-2/h5-7,14-17,19,22-25,31-33,39,43,48-51,57-58H,2,4,8-13,18,20-21,26-30,34-35H2,1,3H3. The van der Waals surface area contributed by atoms with Gasteiger partial charge in [0.1, 0.15) is 24.1 Å². The van der Waals surface area contributed by atoms with E-state index in [9.17, 15) is 10.2 Å². The van der Waals surface area contributed by atoms with Crippen LogP contribution >= 0.6 is 0 Å². The Balaban J connectivity index is 1.31. The minimum absolute atomic E-state index is 0.0837. The second kappa shape index (κ2) is 21.3. The maximum Gasteiger partial charge on any atom is 0.254 e. The van der Waals surface area contributed by atoms with Crippen molar-refractivity contribution in [3.05, 3.63) is 126 Å². The molecule has 3 aromatic carbocycles. The van der Waals surface area contributed by atoms with E-state index in [0.717, 1.165) is 84.0 Å². The van der Waals surface area contributed by atoms with E-state index in [4.69, 9.17) is 28.9 Å². The number of ether oxygens (including phenoxy) is 4. The number of nitrogens with zero attached hydrogens (tertiary/aromatic N) is 3. The van der Waals surface area contributed by atoms with Crippen molar-refractivity contribution in [1.29, 1.82) is 0 Å². The van der Waals surface area contributed by atoms with Gasteiger partial charge in [-0.15, -0.1) is 6.58 Å². The number of carbonyl (C=O) groups excluding carboxylic acids is 1. The first-order chi connectivity index (χ1) is 31.4. The van der Waals surface area contributed by atoms with Gasteiger partial charge in [0, 0.05) is 55.3 Å². The molecule has 2 aliphatic carbocycles. The van der Waals surface area contributed by atoms with E-state index in [2.05, 4.69) is 36.7 Å². The molecule has 4 aromatic rings. The van der Waals surface area contributed by atoms with Crippen molar-refractivity contribution in [3.8, 4) is 11.5 Å². The molecule has 1 saturated carbocycles. The summed E-state index contributed by atoms with van der Waals surface area (Å²) in [6.45, 7) is 9.94. The van der Waals surface area contributed by atoms with Gasteiger partial charge < -0.3 is 38.9 Å². The number of unbranched alkanes of at least 4 members (excludes halogenated alkanes) is 2. The predicted molar refractivity (Wildman–Crippen MR) is 248 cm³/mol. The maximum absolute atomic E-state index is 15.3. The number of carbonyl (C=O) groups is 1. The molecule has 11 nitrogen and oxygen atoms in total. The van der Waals surface area contributed by atoms with Crippen molar-refractivity contribution < 1.29 is 38.8 Å². The molecule has 1 amide bonds. The number of amides is 1. The van der Waals surface area contributed by atoms with Crippen molar-refractivity contribution in [1.82, 2.24) is 9.88 Å². The van der Waals surface area contributed by atoms with Gasteiger partial charge in [0.2, 0.25) is 12.1 Å². The summed E-state index contributed by atoms with van der Waals surface area (Å²) in [5.74, 6) is -0.516. The van der Waals surface area contributed by atoms with Crippen LogP contribution < -0.4 is 9.47 Å². The largest absolute Gasteiger partial charge is 0.487 e. The van der Waals surface area contributed by atoms with Gasteiger partial charge in [-0.25, -0.2) is 0 Å². The number of aliphatic hydroxyl groups is 2. The second-order valence-electron chi connectivity index (χ2n) is 17.8. The Morgan fingerprint density at radius 3 is 2.58 bits per heavy atom. The number of pyridine rings is 1. The van der Waals surface area contributed by atoms with Crippen LogP contribution in [-0.4, -0.2) is 82.8 Å². The third-order valence-electron chi connectivity index (χ3n) is 13.5. The Kier molecular flexibility index (Phi) is 15.1. The lowest BCUT2D eigenvalue weighted by Gasteiger charge is -2.60. The average Bonchev–Trinajstić information content (AvgIpc) is 3.32. The molecule has 8 rings (SSSR count). The zero-order chi connectivity index (χ0) is 44.5. The number of hydrogen-bond acceptors (Lipinski definition) is 10.